The molecule has 0 aliphatic rings. The van der Waals surface area contributed by atoms with Crippen molar-refractivity contribution in [2.75, 3.05) is 18.6 Å². The van der Waals surface area contributed by atoms with Crippen molar-refractivity contribution in [3.63, 3.8) is 0 Å². The monoisotopic (exact) mass is 332 g/mol. The van der Waals surface area contributed by atoms with Gasteiger partial charge in [0, 0.05) is 12.1 Å². The highest BCUT2D eigenvalue weighted by molar-refractivity contribution is 7.98. The van der Waals surface area contributed by atoms with E-state index in [2.05, 4.69) is 11.0 Å². The Morgan fingerprint density at radius 3 is 2.65 bits per heavy atom. The van der Waals surface area contributed by atoms with Crippen LogP contribution >= 0.6 is 24.0 Å². The fourth-order valence-corrected chi connectivity index (χ4v) is 3.77. The summed E-state index contributed by atoms with van der Waals surface area (Å²) >= 11 is 6.69. The number of hydrogen-bond acceptors (Lipinski definition) is 4. The molecule has 7 heteroatoms. The normalized spacial score (nSPS) is 11.4. The smallest absolute Gasteiger partial charge is 0.241 e. The lowest BCUT2D eigenvalue weighted by atomic mass is 10.2. The van der Waals surface area contributed by atoms with Crippen LogP contribution in [0, 0.1) is 0 Å². The van der Waals surface area contributed by atoms with Gasteiger partial charge in [0.25, 0.3) is 0 Å². The molecule has 0 amide bonds. The van der Waals surface area contributed by atoms with E-state index in [1.54, 1.807) is 30.0 Å². The zero-order valence-electron chi connectivity index (χ0n) is 11.5. The number of nitrogens with two attached hydrogens (primary N) is 1. The van der Waals surface area contributed by atoms with Crippen molar-refractivity contribution >= 4 is 39.0 Å². The quantitative estimate of drug-likeness (QED) is 0.535. The van der Waals surface area contributed by atoms with Crippen LogP contribution in [0.4, 0.5) is 0 Å². The molecule has 0 fully saturated rings. The minimum Gasteiger partial charge on any atom is -0.389 e. The third kappa shape index (κ3) is 5.40. The summed E-state index contributed by atoms with van der Waals surface area (Å²) in [5.41, 5.74) is 5.94. The molecule has 0 aromatic heterocycles. The van der Waals surface area contributed by atoms with Crippen molar-refractivity contribution in [1.82, 2.24) is 4.72 Å². The van der Waals surface area contributed by atoms with Gasteiger partial charge in [0.15, 0.2) is 0 Å². The highest BCUT2D eigenvalue weighted by atomic mass is 32.2. The molecule has 0 radical (unpaired) electrons. The van der Waals surface area contributed by atoms with Crippen LogP contribution in [-0.2, 0) is 10.0 Å². The summed E-state index contributed by atoms with van der Waals surface area (Å²) in [7, 11) is -3.55. The van der Waals surface area contributed by atoms with E-state index in [1.165, 1.54) is 6.07 Å². The Morgan fingerprint density at radius 2 is 2.00 bits per heavy atom. The predicted octanol–water partition coefficient (Wildman–Crippen LogP) is 2.13. The Morgan fingerprint density at radius 1 is 1.30 bits per heavy atom. The van der Waals surface area contributed by atoms with Gasteiger partial charge in [-0.15, -0.1) is 0 Å². The zero-order chi connectivity index (χ0) is 15.0. The molecule has 0 heterocycles. The van der Waals surface area contributed by atoms with Crippen molar-refractivity contribution in [2.45, 2.75) is 24.2 Å². The number of unbranched alkanes of at least 4 members (excludes halogenated alkanes) is 2. The van der Waals surface area contributed by atoms with E-state index in [9.17, 15) is 8.42 Å². The lowest BCUT2D eigenvalue weighted by Crippen LogP contribution is -2.27. The molecular formula is C13H20N2O2S3. The Bertz CT molecular complexity index is 544. The van der Waals surface area contributed by atoms with Crippen LogP contribution in [0.1, 0.15) is 24.8 Å². The lowest BCUT2D eigenvalue weighted by molar-refractivity contribution is 0.576. The molecule has 0 saturated carbocycles. The highest BCUT2D eigenvalue weighted by Crippen LogP contribution is 2.15. The summed E-state index contributed by atoms with van der Waals surface area (Å²) < 4.78 is 27.0. The minimum atomic E-state index is -3.55. The van der Waals surface area contributed by atoms with Gasteiger partial charge in [0.05, 0.1) is 4.90 Å². The van der Waals surface area contributed by atoms with Gasteiger partial charge in [-0.1, -0.05) is 36.8 Å². The van der Waals surface area contributed by atoms with Crippen LogP contribution in [0.2, 0.25) is 0 Å². The average molecular weight is 333 g/mol. The molecule has 112 valence electrons. The number of rotatable bonds is 9. The number of thioether (sulfide) groups is 1. The van der Waals surface area contributed by atoms with E-state index >= 15 is 0 Å². The number of hydrogen-bond donors (Lipinski definition) is 2. The van der Waals surface area contributed by atoms with E-state index in [0.29, 0.717) is 12.1 Å². The first-order valence-electron chi connectivity index (χ1n) is 6.36. The first kappa shape index (κ1) is 17.4. The van der Waals surface area contributed by atoms with Gasteiger partial charge in [-0.25, -0.2) is 13.1 Å². The molecule has 4 nitrogen and oxygen atoms in total. The molecular weight excluding hydrogens is 312 g/mol. The van der Waals surface area contributed by atoms with E-state index in [0.717, 1.165) is 25.0 Å². The summed E-state index contributed by atoms with van der Waals surface area (Å²) in [6, 6.07) is 6.52. The SMILES string of the molecule is CSCCCCCNS(=O)(=O)c1ccccc1C(N)=S. The molecule has 1 aromatic rings. The van der Waals surface area contributed by atoms with Crippen molar-refractivity contribution in [3.05, 3.63) is 29.8 Å². The van der Waals surface area contributed by atoms with Gasteiger partial charge in [-0.05, 0) is 30.9 Å². The van der Waals surface area contributed by atoms with Gasteiger partial charge in [0.2, 0.25) is 10.0 Å². The highest BCUT2D eigenvalue weighted by Gasteiger charge is 2.18. The van der Waals surface area contributed by atoms with Crippen LogP contribution < -0.4 is 10.5 Å². The van der Waals surface area contributed by atoms with Crippen molar-refractivity contribution in [1.29, 1.82) is 0 Å². The number of nitrogens with one attached hydrogen (secondary N) is 1. The maximum atomic E-state index is 12.2. The number of benzene rings is 1. The summed E-state index contributed by atoms with van der Waals surface area (Å²) in [6.45, 7) is 0.433. The summed E-state index contributed by atoms with van der Waals surface area (Å²) in [6.07, 6.45) is 5.01. The molecule has 3 N–H and O–H groups in total. The van der Waals surface area contributed by atoms with Crippen LogP contribution in [0.15, 0.2) is 29.2 Å². The fraction of sp³-hybridized carbons (Fsp3) is 0.462. The second-order valence-corrected chi connectivity index (χ2v) is 7.47. The third-order valence-electron chi connectivity index (χ3n) is 2.76. The van der Waals surface area contributed by atoms with Crippen molar-refractivity contribution in [2.24, 2.45) is 5.73 Å². The standard InChI is InChI=1S/C13H20N2O2S3/c1-19-10-6-2-5-9-15-20(16,17)12-8-4-3-7-11(12)13(14)18/h3-4,7-8,15H,2,5-6,9-10H2,1H3,(H2,14,18). The molecule has 1 rings (SSSR count). The largest absolute Gasteiger partial charge is 0.389 e. The summed E-state index contributed by atoms with van der Waals surface area (Å²) in [5.74, 6) is 1.11. The minimum absolute atomic E-state index is 0.0888. The van der Waals surface area contributed by atoms with Crippen molar-refractivity contribution < 1.29 is 8.42 Å². The maximum absolute atomic E-state index is 12.2. The van der Waals surface area contributed by atoms with Gasteiger partial charge in [-0.2, -0.15) is 11.8 Å². The molecule has 0 aliphatic heterocycles. The second kappa shape index (κ2) is 8.61. The summed E-state index contributed by atoms with van der Waals surface area (Å²) in [5, 5.41) is 0. The Balaban J connectivity index is 2.63. The second-order valence-electron chi connectivity index (χ2n) is 4.31. The molecule has 0 unspecified atom stereocenters. The van der Waals surface area contributed by atoms with E-state index in [1.807, 2.05) is 0 Å². The average Bonchev–Trinajstić information content (AvgIpc) is 2.42. The van der Waals surface area contributed by atoms with Gasteiger partial charge >= 0.3 is 0 Å². The van der Waals surface area contributed by atoms with Crippen molar-refractivity contribution in [3.8, 4) is 0 Å². The lowest BCUT2D eigenvalue weighted by Gasteiger charge is -2.10. The predicted molar refractivity (Wildman–Crippen MR) is 89.8 cm³/mol. The first-order valence-corrected chi connectivity index (χ1v) is 9.65. The Kier molecular flexibility index (Phi) is 7.50. The summed E-state index contributed by atoms with van der Waals surface area (Å²) in [4.78, 5) is 0.238. The molecule has 20 heavy (non-hydrogen) atoms. The Hall–Kier alpha value is -0.630. The topological polar surface area (TPSA) is 72.2 Å². The van der Waals surface area contributed by atoms with Crippen LogP contribution in [0.25, 0.3) is 0 Å². The molecule has 0 saturated heterocycles. The molecule has 0 aliphatic carbocycles. The third-order valence-corrected chi connectivity index (χ3v) is 5.20. The molecule has 0 atom stereocenters. The fourth-order valence-electron chi connectivity index (χ4n) is 1.74. The van der Waals surface area contributed by atoms with E-state index in [4.69, 9.17) is 18.0 Å². The van der Waals surface area contributed by atoms with Crippen LogP contribution in [0.5, 0.6) is 0 Å². The maximum Gasteiger partial charge on any atom is 0.241 e. The van der Waals surface area contributed by atoms with Gasteiger partial charge in [-0.3, -0.25) is 0 Å². The number of sulfonamides is 1. The number of thiocarbonyl (C=S) groups is 1. The first-order chi connectivity index (χ1) is 9.49. The van der Waals surface area contributed by atoms with Gasteiger partial charge in [0.1, 0.15) is 4.99 Å². The Labute approximate surface area is 130 Å². The zero-order valence-corrected chi connectivity index (χ0v) is 13.9. The van der Waals surface area contributed by atoms with E-state index < -0.39 is 10.0 Å². The molecule has 0 spiro atoms. The van der Waals surface area contributed by atoms with E-state index in [-0.39, 0.29) is 9.88 Å². The van der Waals surface area contributed by atoms with Crippen LogP contribution in [0.3, 0.4) is 0 Å². The van der Waals surface area contributed by atoms with Gasteiger partial charge < -0.3 is 5.73 Å². The van der Waals surface area contributed by atoms with Crippen LogP contribution in [-0.4, -0.2) is 32.0 Å². The molecule has 0 bridgehead atoms. The molecule has 1 aromatic carbocycles.